The van der Waals surface area contributed by atoms with Gasteiger partial charge in [-0.25, -0.2) is 0 Å². The molecule has 0 N–H and O–H groups in total. The maximum Gasteiger partial charge on any atom is 0.295 e. The summed E-state index contributed by atoms with van der Waals surface area (Å²) in [5.74, 6) is -1.94. The molecule has 6 fully saturated rings. The van der Waals surface area contributed by atoms with E-state index < -0.39 is 43.9 Å². The van der Waals surface area contributed by atoms with Crippen molar-refractivity contribution in [1.82, 2.24) is 0 Å². The summed E-state index contributed by atoms with van der Waals surface area (Å²) in [6.07, 6.45) is 0. The van der Waals surface area contributed by atoms with Crippen molar-refractivity contribution in [2.45, 2.75) is 16.8 Å². The van der Waals surface area contributed by atoms with E-state index in [-0.39, 0.29) is 17.8 Å². The summed E-state index contributed by atoms with van der Waals surface area (Å²) < 4.78 is 0. The number of hydrogen-bond acceptors (Lipinski definition) is 9. The minimum absolute atomic E-state index is 0.180. The van der Waals surface area contributed by atoms with Gasteiger partial charge < -0.3 is 14.5 Å². The smallest absolute Gasteiger partial charge is 0.295 e. The van der Waals surface area contributed by atoms with Crippen LogP contribution >= 0.6 is 0 Å². The van der Waals surface area contributed by atoms with Gasteiger partial charge in [0.05, 0.1) is 0 Å². The zero-order valence-electron chi connectivity index (χ0n) is 9.40. The van der Waals surface area contributed by atoms with Crippen LogP contribution in [0.5, 0.6) is 0 Å². The van der Waals surface area contributed by atoms with Crippen LogP contribution in [0.3, 0.4) is 0 Å². The van der Waals surface area contributed by atoms with Crippen LogP contribution in [0.4, 0.5) is 0 Å². The Bertz CT molecular complexity index is 613. The van der Waals surface area contributed by atoms with Crippen LogP contribution in [0.25, 0.3) is 0 Å². The average molecular weight is 287 g/mol. The van der Waals surface area contributed by atoms with Gasteiger partial charge >= 0.3 is 0 Å². The molecule has 6 aliphatic carbocycles. The van der Waals surface area contributed by atoms with E-state index in [4.69, 9.17) is 4.84 Å². The Kier molecular flexibility index (Phi) is 1.16. The predicted octanol–water partition coefficient (Wildman–Crippen LogP) is -1.02. The van der Waals surface area contributed by atoms with E-state index in [0.29, 0.717) is 0 Å². The lowest BCUT2D eigenvalue weighted by Gasteiger charge is -3.09. The Balaban J connectivity index is 1.52. The van der Waals surface area contributed by atoms with Crippen molar-refractivity contribution >= 4 is 0 Å². The molecule has 0 aliphatic heterocycles. The first-order chi connectivity index (χ1) is 9.35. The quantitative estimate of drug-likeness (QED) is 0.440. The molecule has 0 aromatic heterocycles. The molecule has 0 aromatic rings. The van der Waals surface area contributed by atoms with Crippen LogP contribution in [0.15, 0.2) is 0 Å². The summed E-state index contributed by atoms with van der Waals surface area (Å²) in [7, 11) is 0. The molecule has 0 heterocycles. The van der Waals surface area contributed by atoms with Crippen LogP contribution in [0.1, 0.15) is 0 Å². The SMILES string of the molecule is O=[N+]([O-])OC12C3C4C1C1(O[N+](=O)[O-])C2C3C41O[N+](=O)[O-]. The van der Waals surface area contributed by atoms with Crippen LogP contribution in [0.2, 0.25) is 0 Å². The van der Waals surface area contributed by atoms with E-state index in [0.717, 1.165) is 0 Å². The molecule has 4 atom stereocenters. The molecule has 4 unspecified atom stereocenters. The zero-order chi connectivity index (χ0) is 14.2. The third-order valence-corrected chi connectivity index (χ3v) is 6.19. The summed E-state index contributed by atoms with van der Waals surface area (Å²) in [5, 5.41) is 28.8. The molecule has 0 bridgehead atoms. The van der Waals surface area contributed by atoms with Crippen LogP contribution in [-0.4, -0.2) is 32.1 Å². The van der Waals surface area contributed by atoms with Crippen molar-refractivity contribution in [2.24, 2.45) is 29.6 Å². The molecule has 12 heteroatoms. The molecule has 0 aromatic carbocycles. The highest BCUT2D eigenvalue weighted by Crippen LogP contribution is 3.07. The van der Waals surface area contributed by atoms with Crippen molar-refractivity contribution in [2.75, 3.05) is 0 Å². The summed E-state index contributed by atoms with van der Waals surface area (Å²) in [5.41, 5.74) is -3.74. The highest BCUT2D eigenvalue weighted by molar-refractivity contribution is 5.66. The van der Waals surface area contributed by atoms with E-state index in [1.807, 2.05) is 0 Å². The minimum atomic E-state index is -1.43. The topological polar surface area (TPSA) is 157 Å². The Morgan fingerprint density at radius 2 is 1.15 bits per heavy atom. The molecule has 6 saturated carbocycles. The maximum absolute atomic E-state index is 10.6. The normalized spacial score (nSPS) is 60.3. The van der Waals surface area contributed by atoms with Gasteiger partial charge in [-0.1, -0.05) is 0 Å². The summed E-state index contributed by atoms with van der Waals surface area (Å²) >= 11 is 0. The van der Waals surface area contributed by atoms with E-state index >= 15 is 0 Å². The zero-order valence-corrected chi connectivity index (χ0v) is 9.40. The lowest BCUT2D eigenvalue weighted by atomic mass is 8.96. The lowest BCUT2D eigenvalue weighted by molar-refractivity contribution is -0.943. The van der Waals surface area contributed by atoms with E-state index in [2.05, 4.69) is 9.68 Å². The van der Waals surface area contributed by atoms with Crippen LogP contribution in [0, 0.1) is 59.9 Å². The minimum Gasteiger partial charge on any atom is -0.306 e. The molecule has 106 valence electrons. The van der Waals surface area contributed by atoms with Gasteiger partial charge in [-0.05, 0) is 0 Å². The molecule has 0 amide bonds. The third kappa shape index (κ3) is 0.525. The standard InChI is InChI=1S/C8H5N3O9/c12-9(13)18-6-1-2-4(6)8(20-11(16)17)5(6)3(1)7(2,8)19-10(14)15/h1-5H. The Morgan fingerprint density at radius 3 is 1.60 bits per heavy atom. The molecule has 0 saturated heterocycles. The first kappa shape index (κ1) is 10.4. The number of nitrogens with zero attached hydrogens (tertiary/aromatic N) is 3. The predicted molar refractivity (Wildman–Crippen MR) is 49.9 cm³/mol. The summed E-state index contributed by atoms with van der Waals surface area (Å²) in [6, 6.07) is 0. The molecular weight excluding hydrogens is 282 g/mol. The van der Waals surface area contributed by atoms with Crippen molar-refractivity contribution in [1.29, 1.82) is 0 Å². The fourth-order valence-corrected chi connectivity index (χ4v) is 6.31. The van der Waals surface area contributed by atoms with Gasteiger partial charge in [0.2, 0.25) is 0 Å². The molecule has 20 heavy (non-hydrogen) atoms. The fourth-order valence-electron chi connectivity index (χ4n) is 6.31. The van der Waals surface area contributed by atoms with E-state index in [1.54, 1.807) is 0 Å². The Labute approximate surface area is 107 Å². The van der Waals surface area contributed by atoms with Gasteiger partial charge in [0.1, 0.15) is 5.60 Å². The number of rotatable bonds is 6. The molecule has 12 nitrogen and oxygen atoms in total. The van der Waals surface area contributed by atoms with E-state index in [1.165, 1.54) is 0 Å². The molecule has 0 radical (unpaired) electrons. The Morgan fingerprint density at radius 1 is 0.700 bits per heavy atom. The van der Waals surface area contributed by atoms with Gasteiger partial charge in [0.15, 0.2) is 11.2 Å². The highest BCUT2D eigenvalue weighted by Gasteiger charge is 3.21. The largest absolute Gasteiger partial charge is 0.306 e. The monoisotopic (exact) mass is 287 g/mol. The molecule has 6 rings (SSSR count). The van der Waals surface area contributed by atoms with Crippen molar-refractivity contribution in [3.05, 3.63) is 30.3 Å². The van der Waals surface area contributed by atoms with Gasteiger partial charge in [0.25, 0.3) is 15.3 Å². The maximum atomic E-state index is 10.6. The van der Waals surface area contributed by atoms with Crippen molar-refractivity contribution in [3.8, 4) is 0 Å². The van der Waals surface area contributed by atoms with Crippen LogP contribution < -0.4 is 0 Å². The van der Waals surface area contributed by atoms with Gasteiger partial charge in [-0.3, -0.25) is 0 Å². The third-order valence-electron chi connectivity index (χ3n) is 6.19. The van der Waals surface area contributed by atoms with Gasteiger partial charge in [-0.2, -0.15) is 0 Å². The summed E-state index contributed by atoms with van der Waals surface area (Å²) in [6.45, 7) is 0. The van der Waals surface area contributed by atoms with E-state index in [9.17, 15) is 30.3 Å². The van der Waals surface area contributed by atoms with Gasteiger partial charge in [0, 0.05) is 29.6 Å². The second-order valence-corrected chi connectivity index (χ2v) is 5.92. The second kappa shape index (κ2) is 2.23. The lowest BCUT2D eigenvalue weighted by Crippen LogP contribution is -3.23. The van der Waals surface area contributed by atoms with Crippen LogP contribution in [-0.2, 0) is 14.5 Å². The molecule has 6 aliphatic rings. The fraction of sp³-hybridized carbons (Fsp3) is 1.00. The highest BCUT2D eigenvalue weighted by atomic mass is 17.0. The molecule has 0 spiro atoms. The first-order valence-corrected chi connectivity index (χ1v) is 5.86. The van der Waals surface area contributed by atoms with Crippen molar-refractivity contribution in [3.63, 3.8) is 0 Å². The average Bonchev–Trinajstić information content (AvgIpc) is 2.30. The van der Waals surface area contributed by atoms with Crippen molar-refractivity contribution < 1.29 is 29.8 Å². The summed E-state index contributed by atoms with van der Waals surface area (Å²) in [4.78, 5) is 45.8. The number of hydrogen-bond donors (Lipinski definition) is 0. The Hall–Kier alpha value is -2.40. The van der Waals surface area contributed by atoms with Gasteiger partial charge in [-0.15, -0.1) is 30.3 Å². The first-order valence-electron chi connectivity index (χ1n) is 5.86. The second-order valence-electron chi connectivity index (χ2n) is 5.92. The molecular formula is C8H5N3O9.